The highest BCUT2D eigenvalue weighted by Gasteiger charge is 2.32. The minimum atomic E-state index is -0.118. The first-order valence-corrected chi connectivity index (χ1v) is 10.0. The zero-order valence-electron chi connectivity index (χ0n) is 15.7. The van der Waals surface area contributed by atoms with Crippen LogP contribution in [-0.4, -0.2) is 48.5 Å². The van der Waals surface area contributed by atoms with Crippen LogP contribution in [0.2, 0.25) is 0 Å². The third kappa shape index (κ3) is 2.83. The molecule has 5 rings (SSSR count). The number of amides is 1. The van der Waals surface area contributed by atoms with E-state index < -0.39 is 0 Å². The molecule has 1 amide bonds. The summed E-state index contributed by atoms with van der Waals surface area (Å²) in [7, 11) is 1.65. The van der Waals surface area contributed by atoms with Crippen LogP contribution in [0.15, 0.2) is 36.9 Å². The van der Waals surface area contributed by atoms with Crippen LogP contribution >= 0.6 is 11.8 Å². The lowest BCUT2D eigenvalue weighted by molar-refractivity contribution is -0.113. The number of hydrogen-bond acceptors (Lipinski definition) is 7. The number of thioether (sulfide) groups is 1. The molecule has 9 nitrogen and oxygen atoms in total. The number of methoxy groups -OCH3 is 1. The van der Waals surface area contributed by atoms with Crippen molar-refractivity contribution in [2.75, 3.05) is 18.2 Å². The van der Waals surface area contributed by atoms with E-state index >= 15 is 0 Å². The quantitative estimate of drug-likeness (QED) is 0.537. The van der Waals surface area contributed by atoms with E-state index in [0.29, 0.717) is 28.6 Å². The number of aromatic amines is 1. The van der Waals surface area contributed by atoms with Crippen molar-refractivity contribution in [1.82, 2.24) is 29.7 Å². The van der Waals surface area contributed by atoms with Crippen molar-refractivity contribution in [1.29, 1.82) is 0 Å². The molecule has 146 valence electrons. The zero-order valence-corrected chi connectivity index (χ0v) is 16.5. The molecule has 0 fully saturated rings. The highest BCUT2D eigenvalue weighted by atomic mass is 32.2. The summed E-state index contributed by atoms with van der Waals surface area (Å²) in [5, 5.41) is 7.60. The van der Waals surface area contributed by atoms with Crippen molar-refractivity contribution >= 4 is 34.7 Å². The lowest BCUT2D eigenvalue weighted by atomic mass is 10.0. The van der Waals surface area contributed by atoms with Crippen molar-refractivity contribution in [2.45, 2.75) is 12.2 Å². The van der Waals surface area contributed by atoms with Crippen LogP contribution in [0.4, 0.5) is 5.82 Å². The fourth-order valence-corrected chi connectivity index (χ4v) is 4.79. The van der Waals surface area contributed by atoms with Gasteiger partial charge in [-0.3, -0.25) is 4.79 Å². The predicted molar refractivity (Wildman–Crippen MR) is 109 cm³/mol. The summed E-state index contributed by atoms with van der Waals surface area (Å²) in [6.45, 7) is 1.93. The zero-order chi connectivity index (χ0) is 20.0. The van der Waals surface area contributed by atoms with Gasteiger partial charge < -0.3 is 15.0 Å². The predicted octanol–water partition coefficient (Wildman–Crippen LogP) is 2.63. The highest BCUT2D eigenvalue weighted by Crippen LogP contribution is 2.46. The molecule has 10 heteroatoms. The summed E-state index contributed by atoms with van der Waals surface area (Å²) < 4.78 is 7.23. The normalized spacial score (nSPS) is 16.3. The Morgan fingerprint density at radius 1 is 1.24 bits per heavy atom. The average Bonchev–Trinajstić information content (AvgIpc) is 3.29. The van der Waals surface area contributed by atoms with Gasteiger partial charge in [-0.15, -0.1) is 11.8 Å². The standard InChI is InChI=1S/C19H17N7O2S/c1-10-14-16(11-5-3-4-6-12(11)28-2)29-7-13(27)24-18(14)26(25-10)19-15-17(21-8-20-15)22-9-23-19/h3-6,8-9,16H,7H2,1-2H3,(H,24,27)(H,20,21,22,23). The second kappa shape index (κ2) is 6.89. The van der Waals surface area contributed by atoms with Gasteiger partial charge in [-0.1, -0.05) is 18.2 Å². The number of nitrogens with zero attached hydrogens (tertiary/aromatic N) is 5. The maximum atomic E-state index is 12.5. The number of carbonyl (C=O) groups excluding carboxylic acids is 1. The van der Waals surface area contributed by atoms with Gasteiger partial charge in [0.2, 0.25) is 5.91 Å². The molecule has 1 aromatic carbocycles. The molecule has 0 saturated carbocycles. The number of anilines is 1. The van der Waals surface area contributed by atoms with E-state index in [1.165, 1.54) is 6.33 Å². The highest BCUT2D eigenvalue weighted by molar-refractivity contribution is 8.00. The van der Waals surface area contributed by atoms with Gasteiger partial charge in [-0.25, -0.2) is 15.0 Å². The lowest BCUT2D eigenvalue weighted by Crippen LogP contribution is -2.16. The van der Waals surface area contributed by atoms with Gasteiger partial charge in [-0.05, 0) is 13.0 Å². The Morgan fingerprint density at radius 2 is 2.10 bits per heavy atom. The Morgan fingerprint density at radius 3 is 2.97 bits per heavy atom. The Balaban J connectivity index is 1.75. The summed E-state index contributed by atoms with van der Waals surface area (Å²) in [6, 6.07) is 7.84. The van der Waals surface area contributed by atoms with Crippen molar-refractivity contribution in [3.05, 3.63) is 53.7 Å². The molecule has 0 aliphatic carbocycles. The van der Waals surface area contributed by atoms with Crippen LogP contribution in [0, 0.1) is 6.92 Å². The van der Waals surface area contributed by atoms with Crippen LogP contribution in [0.3, 0.4) is 0 Å². The number of H-pyrrole nitrogens is 1. The van der Waals surface area contributed by atoms with Gasteiger partial charge in [0.25, 0.3) is 0 Å². The second-order valence-corrected chi connectivity index (χ2v) is 7.63. The minimum Gasteiger partial charge on any atom is -0.496 e. The molecule has 1 aliphatic heterocycles. The number of benzene rings is 1. The Labute approximate surface area is 169 Å². The average molecular weight is 407 g/mol. The van der Waals surface area contributed by atoms with Crippen LogP contribution < -0.4 is 10.1 Å². The number of hydrogen-bond donors (Lipinski definition) is 2. The first-order valence-electron chi connectivity index (χ1n) is 8.95. The number of para-hydroxylation sites is 1. The monoisotopic (exact) mass is 407 g/mol. The minimum absolute atomic E-state index is 0.0929. The second-order valence-electron chi connectivity index (χ2n) is 6.54. The number of aromatic nitrogens is 6. The van der Waals surface area contributed by atoms with E-state index in [9.17, 15) is 4.79 Å². The van der Waals surface area contributed by atoms with Crippen LogP contribution in [0.1, 0.15) is 22.1 Å². The van der Waals surface area contributed by atoms with Gasteiger partial charge >= 0.3 is 0 Å². The van der Waals surface area contributed by atoms with Crippen LogP contribution in [0.25, 0.3) is 17.0 Å². The molecule has 3 aromatic heterocycles. The SMILES string of the molecule is COc1ccccc1C1SCC(=O)Nc2c1c(C)nn2-c1ncnc2nc[nH]c12. The molecule has 1 aliphatic rings. The van der Waals surface area contributed by atoms with E-state index in [2.05, 4.69) is 25.3 Å². The number of ether oxygens (including phenoxy) is 1. The molecule has 0 radical (unpaired) electrons. The Hall–Kier alpha value is -3.40. The number of carbonyl (C=O) groups is 1. The molecule has 4 heterocycles. The fraction of sp³-hybridized carbons (Fsp3) is 0.211. The van der Waals surface area contributed by atoms with Crippen LogP contribution in [0.5, 0.6) is 5.75 Å². The van der Waals surface area contributed by atoms with Gasteiger partial charge in [-0.2, -0.15) is 9.78 Å². The third-order valence-electron chi connectivity index (χ3n) is 4.83. The van der Waals surface area contributed by atoms with E-state index in [-0.39, 0.29) is 11.2 Å². The number of imidazole rings is 1. The summed E-state index contributed by atoms with van der Waals surface area (Å²) >= 11 is 1.55. The molecule has 0 spiro atoms. The smallest absolute Gasteiger partial charge is 0.235 e. The van der Waals surface area contributed by atoms with E-state index in [4.69, 9.17) is 9.84 Å². The Bertz CT molecular complexity index is 1230. The molecule has 29 heavy (non-hydrogen) atoms. The first kappa shape index (κ1) is 17.7. The van der Waals surface area contributed by atoms with Gasteiger partial charge in [0, 0.05) is 11.1 Å². The van der Waals surface area contributed by atoms with Crippen molar-refractivity contribution in [2.24, 2.45) is 0 Å². The lowest BCUT2D eigenvalue weighted by Gasteiger charge is -2.18. The topological polar surface area (TPSA) is 111 Å². The number of aryl methyl sites for hydroxylation is 1. The molecule has 0 saturated heterocycles. The summed E-state index contributed by atoms with van der Waals surface area (Å²) in [6.07, 6.45) is 3.00. The maximum absolute atomic E-state index is 12.5. The largest absolute Gasteiger partial charge is 0.496 e. The van der Waals surface area contributed by atoms with Crippen molar-refractivity contribution < 1.29 is 9.53 Å². The Kier molecular flexibility index (Phi) is 4.20. The number of fused-ring (bicyclic) bond motifs is 2. The molecular formula is C19H17N7O2S. The summed E-state index contributed by atoms with van der Waals surface area (Å²) in [5.74, 6) is 2.13. The third-order valence-corrected chi connectivity index (χ3v) is 6.08. The number of nitrogens with one attached hydrogen (secondary N) is 2. The maximum Gasteiger partial charge on any atom is 0.235 e. The molecule has 1 atom stereocenters. The van der Waals surface area contributed by atoms with Crippen LogP contribution in [-0.2, 0) is 4.79 Å². The molecular weight excluding hydrogens is 390 g/mol. The van der Waals surface area contributed by atoms with E-state index in [0.717, 1.165) is 22.6 Å². The summed E-state index contributed by atoms with van der Waals surface area (Å²) in [4.78, 5) is 28.3. The van der Waals surface area contributed by atoms with Gasteiger partial charge in [0.05, 0.1) is 30.1 Å². The molecule has 1 unspecified atom stereocenters. The van der Waals surface area contributed by atoms with Gasteiger partial charge in [0.15, 0.2) is 11.5 Å². The summed E-state index contributed by atoms with van der Waals surface area (Å²) in [5.41, 5.74) is 3.91. The molecule has 2 N–H and O–H groups in total. The van der Waals surface area contributed by atoms with Crippen molar-refractivity contribution in [3.8, 4) is 11.6 Å². The molecule has 4 aromatic rings. The molecule has 0 bridgehead atoms. The van der Waals surface area contributed by atoms with Crippen molar-refractivity contribution in [3.63, 3.8) is 0 Å². The number of rotatable bonds is 3. The fourth-order valence-electron chi connectivity index (χ4n) is 3.58. The first-order chi connectivity index (χ1) is 14.2. The van der Waals surface area contributed by atoms with E-state index in [1.54, 1.807) is 29.9 Å². The van der Waals surface area contributed by atoms with Gasteiger partial charge in [0.1, 0.15) is 23.4 Å². The van der Waals surface area contributed by atoms with E-state index in [1.807, 2.05) is 31.2 Å².